The van der Waals surface area contributed by atoms with Crippen LogP contribution in [0.4, 0.5) is 0 Å². The third kappa shape index (κ3) is 18.2. The summed E-state index contributed by atoms with van der Waals surface area (Å²) < 4.78 is 9.78. The van der Waals surface area contributed by atoms with E-state index in [4.69, 9.17) is 9.47 Å². The molecule has 1 unspecified atom stereocenters. The fourth-order valence-electron chi connectivity index (χ4n) is 3.86. The van der Waals surface area contributed by atoms with E-state index < -0.39 is 30.6 Å². The molecule has 0 amide bonds. The number of unbranched alkanes of at least 4 members (excludes halogenated alkanes) is 16. The topological polar surface area (TPSA) is 113 Å². The lowest BCUT2D eigenvalue weighted by Crippen LogP contribution is -2.51. The van der Waals surface area contributed by atoms with Crippen molar-refractivity contribution in [3.63, 3.8) is 0 Å². The second-order valence-corrected chi connectivity index (χ2v) is 9.43. The third-order valence-corrected chi connectivity index (χ3v) is 6.08. The van der Waals surface area contributed by atoms with Gasteiger partial charge in [-0.25, -0.2) is 0 Å². The first kappa shape index (κ1) is 32.8. The molecule has 0 aliphatic carbocycles. The molecular formula is C27H52O7. The summed E-state index contributed by atoms with van der Waals surface area (Å²) in [5.41, 5.74) is 0. The minimum atomic E-state index is -2.86. The number of hydrogen-bond donors (Lipinski definition) is 3. The summed E-state index contributed by atoms with van der Waals surface area (Å²) in [6.45, 7) is 3.48. The molecule has 0 rings (SSSR count). The Labute approximate surface area is 207 Å². The normalized spacial score (nSPS) is 12.5. The maximum absolute atomic E-state index is 12.1. The second kappa shape index (κ2) is 22.3. The first-order valence-electron chi connectivity index (χ1n) is 13.8. The highest BCUT2D eigenvalue weighted by Gasteiger charge is 2.44. The summed E-state index contributed by atoms with van der Waals surface area (Å²) in [6, 6.07) is 0. The molecule has 0 bridgehead atoms. The standard InChI is InChI=1S/C27H52O7/c1-3-5-7-9-11-13-15-17-19-21-25(30)33-27(32,24(29)23-28)34-26(31)22-20-18-16-14-12-10-8-6-4-2/h24,28-29,32H,3-23H2,1-2H3. The second-order valence-electron chi connectivity index (χ2n) is 9.43. The molecule has 0 aliphatic heterocycles. The van der Waals surface area contributed by atoms with Gasteiger partial charge in [-0.3, -0.25) is 9.59 Å². The zero-order valence-corrected chi connectivity index (χ0v) is 21.9. The van der Waals surface area contributed by atoms with Crippen molar-refractivity contribution in [1.82, 2.24) is 0 Å². The van der Waals surface area contributed by atoms with Gasteiger partial charge in [-0.05, 0) is 12.8 Å². The SMILES string of the molecule is CCCCCCCCCCCC(=O)OC(O)(OC(=O)CCCCCCCCCCC)C(O)CO. The maximum atomic E-state index is 12.1. The van der Waals surface area contributed by atoms with Gasteiger partial charge < -0.3 is 24.8 Å². The average molecular weight is 489 g/mol. The zero-order valence-electron chi connectivity index (χ0n) is 21.9. The molecule has 0 aromatic rings. The van der Waals surface area contributed by atoms with Crippen LogP contribution >= 0.6 is 0 Å². The van der Waals surface area contributed by atoms with E-state index in [0.717, 1.165) is 38.5 Å². The van der Waals surface area contributed by atoms with Gasteiger partial charge in [0.1, 0.15) is 0 Å². The number of carbonyl (C=O) groups excluding carboxylic acids is 2. The van der Waals surface area contributed by atoms with Crippen LogP contribution in [0.15, 0.2) is 0 Å². The molecule has 202 valence electrons. The van der Waals surface area contributed by atoms with E-state index >= 15 is 0 Å². The van der Waals surface area contributed by atoms with Gasteiger partial charge in [-0.15, -0.1) is 0 Å². The first-order valence-corrected chi connectivity index (χ1v) is 13.8. The van der Waals surface area contributed by atoms with Crippen molar-refractivity contribution in [3.8, 4) is 0 Å². The molecule has 0 aromatic carbocycles. The fraction of sp³-hybridized carbons (Fsp3) is 0.926. The molecule has 0 fully saturated rings. The van der Waals surface area contributed by atoms with E-state index in [1.165, 1.54) is 64.2 Å². The lowest BCUT2D eigenvalue weighted by molar-refractivity contribution is -0.364. The van der Waals surface area contributed by atoms with Gasteiger partial charge in [0.25, 0.3) is 0 Å². The van der Waals surface area contributed by atoms with Crippen LogP contribution in [0, 0.1) is 0 Å². The predicted molar refractivity (Wildman–Crippen MR) is 134 cm³/mol. The lowest BCUT2D eigenvalue weighted by Gasteiger charge is -2.30. The van der Waals surface area contributed by atoms with E-state index in [0.29, 0.717) is 12.8 Å². The van der Waals surface area contributed by atoms with E-state index in [1.54, 1.807) is 0 Å². The number of ether oxygens (including phenoxy) is 2. The Kier molecular flexibility index (Phi) is 21.5. The minimum Gasteiger partial charge on any atom is -0.396 e. The first-order chi connectivity index (χ1) is 16.4. The molecule has 0 saturated heterocycles. The summed E-state index contributed by atoms with van der Waals surface area (Å²) in [5, 5.41) is 29.5. The quantitative estimate of drug-likeness (QED) is 0.0878. The van der Waals surface area contributed by atoms with Crippen LogP contribution in [0.2, 0.25) is 0 Å². The Morgan fingerprint density at radius 3 is 1.21 bits per heavy atom. The molecule has 34 heavy (non-hydrogen) atoms. The van der Waals surface area contributed by atoms with Gasteiger partial charge in [-0.1, -0.05) is 117 Å². The monoisotopic (exact) mass is 488 g/mol. The Balaban J connectivity index is 4.13. The van der Waals surface area contributed by atoms with Gasteiger partial charge in [0.05, 0.1) is 6.61 Å². The number of esters is 2. The number of hydrogen-bond acceptors (Lipinski definition) is 7. The summed E-state index contributed by atoms with van der Waals surface area (Å²) in [5.74, 6) is -4.40. The molecule has 3 N–H and O–H groups in total. The van der Waals surface area contributed by atoms with Crippen LogP contribution in [0.1, 0.15) is 142 Å². The number of rotatable bonds is 24. The summed E-state index contributed by atoms with van der Waals surface area (Å²) in [7, 11) is 0. The smallest absolute Gasteiger partial charge is 0.396 e. The van der Waals surface area contributed by atoms with Gasteiger partial charge in [0.2, 0.25) is 0 Å². The molecular weight excluding hydrogens is 436 g/mol. The van der Waals surface area contributed by atoms with Crippen LogP contribution in [0.3, 0.4) is 0 Å². The van der Waals surface area contributed by atoms with Crippen molar-refractivity contribution in [2.45, 2.75) is 154 Å². The molecule has 0 aromatic heterocycles. The van der Waals surface area contributed by atoms with Gasteiger partial charge in [0.15, 0.2) is 6.10 Å². The highest BCUT2D eigenvalue weighted by atomic mass is 16.8. The Hall–Kier alpha value is -1.18. The maximum Gasteiger partial charge on any atom is 0.403 e. The van der Waals surface area contributed by atoms with E-state index in [9.17, 15) is 24.9 Å². The molecule has 0 heterocycles. The molecule has 0 spiro atoms. The summed E-state index contributed by atoms with van der Waals surface area (Å²) >= 11 is 0. The highest BCUT2D eigenvalue weighted by molar-refractivity contribution is 5.71. The number of aliphatic hydroxyl groups is 3. The average Bonchev–Trinajstić information content (AvgIpc) is 2.81. The minimum absolute atomic E-state index is 0.0477. The Morgan fingerprint density at radius 1 is 0.618 bits per heavy atom. The fourth-order valence-corrected chi connectivity index (χ4v) is 3.86. The van der Waals surface area contributed by atoms with Crippen molar-refractivity contribution in [3.05, 3.63) is 0 Å². The van der Waals surface area contributed by atoms with Crippen molar-refractivity contribution in [1.29, 1.82) is 0 Å². The Bertz CT molecular complexity index is 459. The van der Waals surface area contributed by atoms with Gasteiger partial charge in [-0.2, -0.15) is 0 Å². The van der Waals surface area contributed by atoms with Gasteiger partial charge >= 0.3 is 17.9 Å². The molecule has 7 nitrogen and oxygen atoms in total. The molecule has 7 heteroatoms. The largest absolute Gasteiger partial charge is 0.403 e. The highest BCUT2D eigenvalue weighted by Crippen LogP contribution is 2.20. The van der Waals surface area contributed by atoms with Crippen LogP contribution in [-0.2, 0) is 19.1 Å². The predicted octanol–water partition coefficient (Wildman–Crippen LogP) is 5.91. The van der Waals surface area contributed by atoms with E-state index in [2.05, 4.69) is 13.8 Å². The Morgan fingerprint density at radius 2 is 0.912 bits per heavy atom. The number of carbonyl (C=O) groups is 2. The van der Waals surface area contributed by atoms with E-state index in [1.807, 2.05) is 0 Å². The third-order valence-electron chi connectivity index (χ3n) is 6.08. The number of aliphatic hydroxyl groups excluding tert-OH is 2. The summed E-state index contributed by atoms with van der Waals surface area (Å²) in [4.78, 5) is 24.3. The summed E-state index contributed by atoms with van der Waals surface area (Å²) in [6.07, 6.45) is 17.8. The van der Waals surface area contributed by atoms with Gasteiger partial charge in [0, 0.05) is 12.8 Å². The van der Waals surface area contributed by atoms with E-state index in [-0.39, 0.29) is 12.8 Å². The van der Waals surface area contributed by atoms with Crippen LogP contribution in [-0.4, -0.2) is 45.9 Å². The molecule has 0 radical (unpaired) electrons. The van der Waals surface area contributed by atoms with Crippen molar-refractivity contribution >= 4 is 11.9 Å². The lowest BCUT2D eigenvalue weighted by atomic mass is 10.1. The molecule has 0 aliphatic rings. The zero-order chi connectivity index (χ0) is 25.5. The van der Waals surface area contributed by atoms with Crippen LogP contribution < -0.4 is 0 Å². The van der Waals surface area contributed by atoms with Crippen LogP contribution in [0.25, 0.3) is 0 Å². The molecule has 1 atom stereocenters. The van der Waals surface area contributed by atoms with Crippen LogP contribution in [0.5, 0.6) is 0 Å². The van der Waals surface area contributed by atoms with Crippen molar-refractivity contribution in [2.24, 2.45) is 0 Å². The van der Waals surface area contributed by atoms with Crippen molar-refractivity contribution in [2.75, 3.05) is 6.61 Å². The molecule has 0 saturated carbocycles. The van der Waals surface area contributed by atoms with Crippen molar-refractivity contribution < 1.29 is 34.4 Å².